The molecule has 2 N–H and O–H groups in total. The Morgan fingerprint density at radius 3 is 1.03 bits per heavy atom. The molecular formula is C52H54N2O4. The fraction of sp³-hybridized carbons (Fsp3) is 0.269. The molecule has 0 aliphatic heterocycles. The predicted octanol–water partition coefficient (Wildman–Crippen LogP) is 11.7. The minimum atomic E-state index is -0.0980. The summed E-state index contributed by atoms with van der Waals surface area (Å²) < 4.78 is 13.2. The molecule has 8 bridgehead atoms. The lowest BCUT2D eigenvalue weighted by Crippen LogP contribution is -2.12. The average molecular weight is 771 g/mol. The van der Waals surface area contributed by atoms with Crippen LogP contribution in [0, 0.1) is 0 Å². The Balaban J connectivity index is 1.40. The Morgan fingerprint density at radius 1 is 0.431 bits per heavy atom. The Morgan fingerprint density at radius 2 is 0.741 bits per heavy atom. The number of fused-ring (bicyclic) bond motifs is 8. The van der Waals surface area contributed by atoms with Crippen LogP contribution in [0.25, 0.3) is 0 Å². The molecule has 0 radical (unpaired) electrons. The zero-order valence-corrected chi connectivity index (χ0v) is 34.4. The van der Waals surface area contributed by atoms with Crippen molar-refractivity contribution in [1.29, 1.82) is 0 Å². The van der Waals surface area contributed by atoms with Gasteiger partial charge in [0.2, 0.25) is 0 Å². The number of para-hydroxylation sites is 2. The number of ether oxygens (including phenoxy) is 2. The van der Waals surface area contributed by atoms with Crippen LogP contribution in [-0.2, 0) is 25.7 Å². The third-order valence-electron chi connectivity index (χ3n) is 10.6. The normalized spacial score (nSPS) is 13.9. The molecule has 6 nitrogen and oxygen atoms in total. The highest BCUT2D eigenvalue weighted by atomic mass is 16.5. The van der Waals surface area contributed by atoms with E-state index in [1.165, 1.54) is 0 Å². The molecule has 296 valence electrons. The van der Waals surface area contributed by atoms with Gasteiger partial charge >= 0.3 is 0 Å². The molecule has 6 heteroatoms. The summed E-state index contributed by atoms with van der Waals surface area (Å²) in [6, 6.07) is 40.9. The van der Waals surface area contributed by atoms with Gasteiger partial charge in [-0.2, -0.15) is 0 Å². The summed E-state index contributed by atoms with van der Waals surface area (Å²) in [5.74, 6) is 2.02. The van der Waals surface area contributed by atoms with Gasteiger partial charge in [0.15, 0.2) is 0 Å². The van der Waals surface area contributed by atoms with E-state index in [1.54, 1.807) is 0 Å². The van der Waals surface area contributed by atoms with Crippen molar-refractivity contribution in [2.24, 2.45) is 9.98 Å². The smallest absolute Gasteiger partial charge is 0.126 e. The van der Waals surface area contributed by atoms with Crippen molar-refractivity contribution < 1.29 is 19.7 Å². The number of hydrogen-bond acceptors (Lipinski definition) is 6. The number of phenols is 2. The van der Waals surface area contributed by atoms with Gasteiger partial charge in [-0.25, -0.2) is 0 Å². The molecular weight excluding hydrogens is 717 g/mol. The molecule has 6 aromatic rings. The summed E-state index contributed by atoms with van der Waals surface area (Å²) in [4.78, 5) is 9.91. The fourth-order valence-electron chi connectivity index (χ4n) is 7.72. The first-order valence-corrected chi connectivity index (χ1v) is 20.4. The summed E-state index contributed by atoms with van der Waals surface area (Å²) >= 11 is 0. The maximum atomic E-state index is 12.1. The van der Waals surface area contributed by atoms with Crippen LogP contribution in [-0.4, -0.2) is 34.9 Å². The first-order chi connectivity index (χ1) is 28.0. The van der Waals surface area contributed by atoms with Crippen molar-refractivity contribution in [1.82, 2.24) is 0 Å². The zero-order chi connectivity index (χ0) is 40.8. The number of hydrogen-bond donors (Lipinski definition) is 2. The highest BCUT2D eigenvalue weighted by Gasteiger charge is 2.22. The van der Waals surface area contributed by atoms with Gasteiger partial charge in [0, 0.05) is 38.1 Å². The van der Waals surface area contributed by atoms with Crippen LogP contribution >= 0.6 is 0 Å². The lowest BCUT2D eigenvalue weighted by Gasteiger charge is -2.22. The van der Waals surface area contributed by atoms with E-state index in [9.17, 15) is 10.2 Å². The largest absolute Gasteiger partial charge is 0.507 e. The number of aliphatic imine (C=N–C) groups is 2. The topological polar surface area (TPSA) is 83.6 Å². The minimum absolute atomic E-state index is 0.0366. The highest BCUT2D eigenvalue weighted by Crippen LogP contribution is 2.39. The van der Waals surface area contributed by atoms with Crippen LogP contribution in [0.3, 0.4) is 0 Å². The second-order valence-corrected chi connectivity index (χ2v) is 16.0. The highest BCUT2D eigenvalue weighted by molar-refractivity contribution is 5.82. The molecule has 1 aliphatic rings. The van der Waals surface area contributed by atoms with Gasteiger partial charge in [-0.1, -0.05) is 97.1 Å². The first kappa shape index (κ1) is 40.1. The lowest BCUT2D eigenvalue weighted by molar-refractivity contribution is 0.238. The summed E-state index contributed by atoms with van der Waals surface area (Å²) in [5.41, 5.74) is 11.0. The SMILES string of the molecule is CC(C)Oc1c2cccc1Cc1cc(C=N[C@@H](C)c3ccccc3)cc(c1O)Cc1cccc(c1OC(C)C)Cc1cc(C=N[C@@H](C)c3ccccc3)cc(c1O)C2. The molecule has 0 heterocycles. The maximum absolute atomic E-state index is 12.1. The van der Waals surface area contributed by atoms with Crippen molar-refractivity contribution in [2.75, 3.05) is 0 Å². The van der Waals surface area contributed by atoms with Gasteiger partial charge < -0.3 is 19.7 Å². The molecule has 58 heavy (non-hydrogen) atoms. The predicted molar refractivity (Wildman–Crippen MR) is 237 cm³/mol. The van der Waals surface area contributed by atoms with Gasteiger partial charge in [0.25, 0.3) is 0 Å². The second-order valence-electron chi connectivity index (χ2n) is 16.0. The number of rotatable bonds is 10. The number of benzene rings is 6. The van der Waals surface area contributed by atoms with Crippen LogP contribution in [0.1, 0.15) is 120 Å². The van der Waals surface area contributed by atoms with Crippen LogP contribution in [0.15, 0.2) is 131 Å². The quantitative estimate of drug-likeness (QED) is 0.136. The third kappa shape index (κ3) is 9.51. The van der Waals surface area contributed by atoms with Crippen molar-refractivity contribution in [3.8, 4) is 23.0 Å². The minimum Gasteiger partial charge on any atom is -0.507 e. The van der Waals surface area contributed by atoms with Crippen molar-refractivity contribution in [2.45, 2.75) is 91.5 Å². The Labute approximate surface area is 343 Å². The standard InChI is InChI=1S/C52H54N2O4/c1-33(2)57-51-41-19-13-20-42(51)28-46-24-38(32-54-36(6)40-17-11-8-12-18-40)26-48(50(46)56)30-44-22-14-21-43(52(44)58-34(3)4)29-47-25-37(23-45(27-41)49(47)55)31-53-35(5)39-15-9-7-10-16-39/h7-26,31-36,55-56H,27-30H2,1-6H3/t35-,36-/m0/s1. The van der Waals surface area contributed by atoms with Gasteiger partial charge in [-0.15, -0.1) is 0 Å². The summed E-state index contributed by atoms with van der Waals surface area (Å²) in [5, 5.41) is 24.2. The molecule has 0 amide bonds. The summed E-state index contributed by atoms with van der Waals surface area (Å²) in [7, 11) is 0. The van der Waals surface area contributed by atoms with E-state index in [0.29, 0.717) is 25.7 Å². The molecule has 7 rings (SSSR count). The molecule has 6 aromatic carbocycles. The fourth-order valence-corrected chi connectivity index (χ4v) is 7.72. The van der Waals surface area contributed by atoms with Crippen LogP contribution in [0.2, 0.25) is 0 Å². The second kappa shape index (κ2) is 18.0. The number of aromatic hydroxyl groups is 2. The number of nitrogens with zero attached hydrogens (tertiary/aromatic N) is 2. The lowest BCUT2D eigenvalue weighted by atomic mass is 9.90. The van der Waals surface area contributed by atoms with Crippen molar-refractivity contribution in [3.05, 3.63) is 188 Å². The van der Waals surface area contributed by atoms with E-state index in [2.05, 4.69) is 62.4 Å². The van der Waals surface area contributed by atoms with E-state index in [4.69, 9.17) is 19.5 Å². The van der Waals surface area contributed by atoms with E-state index >= 15 is 0 Å². The van der Waals surface area contributed by atoms with Gasteiger partial charge in [0.1, 0.15) is 23.0 Å². The zero-order valence-electron chi connectivity index (χ0n) is 34.4. The molecule has 0 spiro atoms. The van der Waals surface area contributed by atoms with Gasteiger partial charge in [-0.3, -0.25) is 9.98 Å². The number of phenolic OH excluding ortho intramolecular Hbond substituents is 2. The molecule has 0 fully saturated rings. The van der Waals surface area contributed by atoms with Crippen molar-refractivity contribution in [3.63, 3.8) is 0 Å². The molecule has 0 unspecified atom stereocenters. The summed E-state index contributed by atoms with van der Waals surface area (Å²) in [6.07, 6.45) is 5.37. The molecule has 2 atom stereocenters. The van der Waals surface area contributed by atoms with E-state index < -0.39 is 0 Å². The van der Waals surface area contributed by atoms with Gasteiger partial charge in [0.05, 0.1) is 24.3 Å². The third-order valence-corrected chi connectivity index (χ3v) is 10.6. The van der Waals surface area contributed by atoms with E-state index in [0.717, 1.165) is 78.3 Å². The molecule has 0 aromatic heterocycles. The maximum Gasteiger partial charge on any atom is 0.126 e. The summed E-state index contributed by atoms with van der Waals surface area (Å²) in [6.45, 7) is 12.3. The van der Waals surface area contributed by atoms with E-state index in [1.807, 2.05) is 113 Å². The Bertz CT molecular complexity index is 2160. The van der Waals surface area contributed by atoms with Crippen LogP contribution < -0.4 is 9.47 Å². The molecule has 1 aliphatic carbocycles. The average Bonchev–Trinajstić information content (AvgIpc) is 3.21. The van der Waals surface area contributed by atoms with E-state index in [-0.39, 0.29) is 35.8 Å². The monoisotopic (exact) mass is 770 g/mol. The van der Waals surface area contributed by atoms with Crippen LogP contribution in [0.5, 0.6) is 23.0 Å². The Hall–Kier alpha value is -6.14. The molecule has 0 saturated carbocycles. The Kier molecular flexibility index (Phi) is 12.4. The molecule has 0 saturated heterocycles. The van der Waals surface area contributed by atoms with Gasteiger partial charge in [-0.05, 0) is 133 Å². The van der Waals surface area contributed by atoms with Crippen molar-refractivity contribution >= 4 is 12.4 Å². The van der Waals surface area contributed by atoms with Crippen LogP contribution in [0.4, 0.5) is 0 Å². The first-order valence-electron chi connectivity index (χ1n) is 20.4.